The van der Waals surface area contributed by atoms with Crippen LogP contribution in [0.15, 0.2) is 22.5 Å². The zero-order valence-electron chi connectivity index (χ0n) is 14.2. The number of alkyl halides is 2. The molecular formula is C17H17F2N3O2S2. The van der Waals surface area contributed by atoms with Crippen LogP contribution in [-0.2, 0) is 22.4 Å². The maximum Gasteiger partial charge on any atom is 0.291 e. The highest BCUT2D eigenvalue weighted by Crippen LogP contribution is 2.34. The molecule has 1 aromatic carbocycles. The third kappa shape index (κ3) is 4.04. The van der Waals surface area contributed by atoms with Crippen molar-refractivity contribution in [2.24, 2.45) is 0 Å². The number of hydrogen-bond donors (Lipinski definition) is 1. The number of thiazole rings is 1. The third-order valence-electron chi connectivity index (χ3n) is 4.07. The molecule has 5 nitrogen and oxygen atoms in total. The minimum atomic E-state index is -2.53. The lowest BCUT2D eigenvalue weighted by Crippen LogP contribution is -2.25. The fourth-order valence-corrected chi connectivity index (χ4v) is 4.76. The van der Waals surface area contributed by atoms with Crippen LogP contribution in [0, 0.1) is 6.92 Å². The van der Waals surface area contributed by atoms with Crippen molar-refractivity contribution >= 4 is 46.3 Å². The summed E-state index contributed by atoms with van der Waals surface area (Å²) in [7, 11) is 0. The van der Waals surface area contributed by atoms with Gasteiger partial charge >= 0.3 is 0 Å². The molecule has 1 aromatic heterocycles. The molecule has 138 valence electrons. The van der Waals surface area contributed by atoms with Crippen LogP contribution in [0.5, 0.6) is 0 Å². The summed E-state index contributed by atoms with van der Waals surface area (Å²) >= 11 is 1.50. The van der Waals surface area contributed by atoms with Gasteiger partial charge in [-0.05, 0) is 37.2 Å². The predicted octanol–water partition coefficient (Wildman–Crippen LogP) is 3.86. The van der Waals surface area contributed by atoms with Gasteiger partial charge in [0.2, 0.25) is 11.8 Å². The summed E-state index contributed by atoms with van der Waals surface area (Å²) in [6.45, 7) is 3.82. The summed E-state index contributed by atoms with van der Waals surface area (Å²) in [5.41, 5.74) is 3.03. The Hall–Kier alpha value is -2.00. The first-order valence-corrected chi connectivity index (χ1v) is 9.65. The molecule has 0 saturated carbocycles. The highest BCUT2D eigenvalue weighted by atomic mass is 32.2. The Morgan fingerprint density at radius 2 is 2.19 bits per heavy atom. The number of fused-ring (bicyclic) bond motifs is 1. The van der Waals surface area contributed by atoms with Crippen molar-refractivity contribution in [3.8, 4) is 0 Å². The summed E-state index contributed by atoms with van der Waals surface area (Å²) < 4.78 is 25.2. The van der Waals surface area contributed by atoms with E-state index in [1.807, 2.05) is 6.07 Å². The van der Waals surface area contributed by atoms with E-state index in [1.165, 1.54) is 6.92 Å². The number of aryl methyl sites for hydroxylation is 1. The molecule has 1 aliphatic heterocycles. The number of amides is 2. The topological polar surface area (TPSA) is 62.3 Å². The molecule has 0 radical (unpaired) electrons. The van der Waals surface area contributed by atoms with Gasteiger partial charge < -0.3 is 10.2 Å². The van der Waals surface area contributed by atoms with Gasteiger partial charge in [-0.3, -0.25) is 9.59 Å². The van der Waals surface area contributed by atoms with Gasteiger partial charge in [-0.15, -0.1) is 11.3 Å². The standard InChI is InChI=1S/C17H17F2N3O2S2/c1-9-14(25-17(20-9)26-16(18)19)8-15(24)21-12-4-3-5-13-11(12)6-7-22(13)10(2)23/h3-5,16H,6-8H2,1-2H3,(H,21,24). The number of benzene rings is 1. The van der Waals surface area contributed by atoms with Crippen LogP contribution in [0.2, 0.25) is 0 Å². The first-order valence-electron chi connectivity index (χ1n) is 7.96. The van der Waals surface area contributed by atoms with Gasteiger partial charge in [-0.25, -0.2) is 4.98 Å². The summed E-state index contributed by atoms with van der Waals surface area (Å²) in [5.74, 6) is -2.80. The van der Waals surface area contributed by atoms with Crippen molar-refractivity contribution in [3.63, 3.8) is 0 Å². The summed E-state index contributed by atoms with van der Waals surface area (Å²) in [6.07, 6.45) is 0.757. The fraction of sp³-hybridized carbons (Fsp3) is 0.353. The number of carbonyl (C=O) groups is 2. The van der Waals surface area contributed by atoms with Crippen LogP contribution >= 0.6 is 23.1 Å². The molecule has 0 fully saturated rings. The smallest absolute Gasteiger partial charge is 0.291 e. The zero-order chi connectivity index (χ0) is 18.8. The van der Waals surface area contributed by atoms with Gasteiger partial charge in [0.15, 0.2) is 4.34 Å². The monoisotopic (exact) mass is 397 g/mol. The van der Waals surface area contributed by atoms with Gasteiger partial charge in [-0.2, -0.15) is 8.78 Å². The summed E-state index contributed by atoms with van der Waals surface area (Å²) in [6, 6.07) is 5.46. The van der Waals surface area contributed by atoms with Crippen molar-refractivity contribution < 1.29 is 18.4 Å². The maximum absolute atomic E-state index is 12.4. The lowest BCUT2D eigenvalue weighted by molar-refractivity contribution is -0.116. The normalized spacial score (nSPS) is 13.2. The average molecular weight is 397 g/mol. The molecule has 3 rings (SSSR count). The quantitative estimate of drug-likeness (QED) is 0.779. The second kappa shape index (κ2) is 7.71. The zero-order valence-corrected chi connectivity index (χ0v) is 15.8. The van der Waals surface area contributed by atoms with Crippen LogP contribution in [0.3, 0.4) is 0 Å². The average Bonchev–Trinajstić information content (AvgIpc) is 3.11. The Morgan fingerprint density at radius 3 is 2.88 bits per heavy atom. The fourth-order valence-electron chi connectivity index (χ4n) is 2.91. The lowest BCUT2D eigenvalue weighted by atomic mass is 10.1. The molecule has 0 unspecified atom stereocenters. The largest absolute Gasteiger partial charge is 0.325 e. The molecule has 0 saturated heterocycles. The molecule has 2 amide bonds. The summed E-state index contributed by atoms with van der Waals surface area (Å²) in [4.78, 5) is 30.5. The third-order valence-corrected chi connectivity index (χ3v) is 6.03. The Bertz CT molecular complexity index is 855. The number of aromatic nitrogens is 1. The second-order valence-corrected chi connectivity index (χ2v) is 8.14. The van der Waals surface area contributed by atoms with E-state index in [0.29, 0.717) is 41.0 Å². The first-order chi connectivity index (χ1) is 12.3. The Labute approximate surface area is 157 Å². The molecule has 1 aliphatic rings. The molecule has 0 bridgehead atoms. The number of nitrogens with zero attached hydrogens (tertiary/aromatic N) is 2. The first kappa shape index (κ1) is 18.8. The lowest BCUT2D eigenvalue weighted by Gasteiger charge is -2.15. The van der Waals surface area contributed by atoms with E-state index in [9.17, 15) is 18.4 Å². The van der Waals surface area contributed by atoms with Crippen molar-refractivity contribution in [2.45, 2.75) is 36.8 Å². The molecule has 0 atom stereocenters. The van der Waals surface area contributed by atoms with Crippen LogP contribution in [0.25, 0.3) is 0 Å². The molecular weight excluding hydrogens is 380 g/mol. The molecule has 9 heteroatoms. The van der Waals surface area contributed by atoms with Gasteiger partial charge in [0, 0.05) is 35.3 Å². The van der Waals surface area contributed by atoms with Crippen LogP contribution < -0.4 is 10.2 Å². The Balaban J connectivity index is 1.72. The molecule has 0 spiro atoms. The molecule has 26 heavy (non-hydrogen) atoms. The number of rotatable bonds is 5. The van der Waals surface area contributed by atoms with E-state index in [0.717, 1.165) is 22.6 Å². The second-order valence-electron chi connectivity index (χ2n) is 5.82. The summed E-state index contributed by atoms with van der Waals surface area (Å²) in [5, 5.41) is 2.87. The van der Waals surface area contributed by atoms with E-state index in [-0.39, 0.29) is 22.6 Å². The number of thioether (sulfide) groups is 1. The van der Waals surface area contributed by atoms with Crippen molar-refractivity contribution in [1.29, 1.82) is 0 Å². The maximum atomic E-state index is 12.4. The molecule has 2 heterocycles. The molecule has 1 N–H and O–H groups in total. The van der Waals surface area contributed by atoms with E-state index in [1.54, 1.807) is 24.0 Å². The van der Waals surface area contributed by atoms with Gasteiger partial charge in [-0.1, -0.05) is 6.07 Å². The van der Waals surface area contributed by atoms with Crippen molar-refractivity contribution in [3.05, 3.63) is 34.3 Å². The van der Waals surface area contributed by atoms with Crippen LogP contribution in [0.4, 0.5) is 20.2 Å². The highest BCUT2D eigenvalue weighted by molar-refractivity contribution is 8.01. The number of nitrogens with one attached hydrogen (secondary N) is 1. The van der Waals surface area contributed by atoms with Crippen LogP contribution in [-0.4, -0.2) is 29.1 Å². The Kier molecular flexibility index (Phi) is 5.57. The van der Waals surface area contributed by atoms with E-state index in [4.69, 9.17) is 0 Å². The molecule has 2 aromatic rings. The Morgan fingerprint density at radius 1 is 1.42 bits per heavy atom. The van der Waals surface area contributed by atoms with Gasteiger partial charge in [0.1, 0.15) is 0 Å². The van der Waals surface area contributed by atoms with Crippen LogP contribution in [0.1, 0.15) is 23.1 Å². The minimum Gasteiger partial charge on any atom is -0.325 e. The predicted molar refractivity (Wildman–Crippen MR) is 99.2 cm³/mol. The van der Waals surface area contributed by atoms with Gasteiger partial charge in [0.25, 0.3) is 5.76 Å². The number of hydrogen-bond acceptors (Lipinski definition) is 5. The number of anilines is 2. The number of carbonyl (C=O) groups excluding carboxylic acids is 2. The van der Waals surface area contributed by atoms with E-state index in [2.05, 4.69) is 10.3 Å². The minimum absolute atomic E-state index is 0.0310. The van der Waals surface area contributed by atoms with E-state index < -0.39 is 5.76 Å². The van der Waals surface area contributed by atoms with E-state index >= 15 is 0 Å². The highest BCUT2D eigenvalue weighted by Gasteiger charge is 2.25. The molecule has 0 aliphatic carbocycles. The number of halogens is 2. The van der Waals surface area contributed by atoms with Gasteiger partial charge in [0.05, 0.1) is 12.1 Å². The van der Waals surface area contributed by atoms with Crippen molar-refractivity contribution in [2.75, 3.05) is 16.8 Å². The SMILES string of the molecule is CC(=O)N1CCc2c(NC(=O)Cc3sc(SC(F)F)nc3C)cccc21. The van der Waals surface area contributed by atoms with Crippen molar-refractivity contribution in [1.82, 2.24) is 4.98 Å².